The average Bonchev–Trinajstić information content (AvgIpc) is 3.23. The number of hydrogen-bond acceptors (Lipinski definition) is 4. The highest BCUT2D eigenvalue weighted by Gasteiger charge is 2.39. The van der Waals surface area contributed by atoms with Gasteiger partial charge in [0.2, 0.25) is 21.8 Å². The Morgan fingerprint density at radius 2 is 1.54 bits per heavy atom. The minimum Gasteiger partial charge on any atom is -0.354 e. The number of rotatable bonds is 7. The van der Waals surface area contributed by atoms with Crippen molar-refractivity contribution in [2.45, 2.75) is 55.9 Å². The van der Waals surface area contributed by atoms with Gasteiger partial charge in [0.05, 0.1) is 4.90 Å². The van der Waals surface area contributed by atoms with Crippen molar-refractivity contribution < 1.29 is 18.0 Å². The summed E-state index contributed by atoms with van der Waals surface area (Å²) in [4.78, 5) is 24.9. The number of hydrogen-bond donors (Lipinski definition) is 2. The van der Waals surface area contributed by atoms with Crippen LogP contribution in [0.25, 0.3) is 0 Å². The number of nitrogens with zero attached hydrogens (tertiary/aromatic N) is 1. The standard InChI is InChI=1S/C20H29N3O4S/c24-19(16-8-3-1-4-9-16)21-13-14-22-20(25)18-12-7-15-23(18)28(26,27)17-10-5-2-6-11-17/h2,5-6,10-11,16,18H,1,3-4,7-9,12-15H2,(H,21,24)(H,22,25). The summed E-state index contributed by atoms with van der Waals surface area (Å²) in [6.45, 7) is 1.000. The molecule has 1 atom stereocenters. The highest BCUT2D eigenvalue weighted by molar-refractivity contribution is 7.89. The largest absolute Gasteiger partial charge is 0.354 e. The first-order chi connectivity index (χ1) is 13.5. The highest BCUT2D eigenvalue weighted by atomic mass is 32.2. The smallest absolute Gasteiger partial charge is 0.243 e. The summed E-state index contributed by atoms with van der Waals surface area (Å²) in [5, 5.41) is 5.66. The topological polar surface area (TPSA) is 95.6 Å². The molecular weight excluding hydrogens is 378 g/mol. The van der Waals surface area contributed by atoms with Gasteiger partial charge in [-0.05, 0) is 37.8 Å². The minimum atomic E-state index is -3.69. The van der Waals surface area contributed by atoms with Crippen LogP contribution in [0.5, 0.6) is 0 Å². The number of sulfonamides is 1. The molecule has 2 N–H and O–H groups in total. The fourth-order valence-corrected chi connectivity index (χ4v) is 5.69. The summed E-state index contributed by atoms with van der Waals surface area (Å²) in [7, 11) is -3.69. The molecule has 1 aromatic carbocycles. The monoisotopic (exact) mass is 407 g/mol. The third kappa shape index (κ3) is 4.91. The third-order valence-corrected chi connectivity index (χ3v) is 7.48. The van der Waals surface area contributed by atoms with Crippen LogP contribution in [0.15, 0.2) is 35.2 Å². The van der Waals surface area contributed by atoms with Crippen LogP contribution in [-0.4, -0.2) is 50.2 Å². The summed E-state index contributed by atoms with van der Waals surface area (Å²) in [5.41, 5.74) is 0. The Balaban J connectivity index is 1.49. The van der Waals surface area contributed by atoms with E-state index in [-0.39, 0.29) is 22.6 Å². The van der Waals surface area contributed by atoms with Crippen molar-refractivity contribution in [3.05, 3.63) is 30.3 Å². The van der Waals surface area contributed by atoms with Gasteiger partial charge in [-0.15, -0.1) is 0 Å². The molecule has 8 heteroatoms. The van der Waals surface area contributed by atoms with Gasteiger partial charge >= 0.3 is 0 Å². The van der Waals surface area contributed by atoms with E-state index in [2.05, 4.69) is 10.6 Å². The van der Waals surface area contributed by atoms with Crippen molar-refractivity contribution in [3.8, 4) is 0 Å². The Bertz CT molecular complexity index is 776. The number of carbonyl (C=O) groups excluding carboxylic acids is 2. The molecule has 1 aliphatic heterocycles. The molecule has 1 saturated carbocycles. The fourth-order valence-electron chi connectivity index (χ4n) is 4.02. The van der Waals surface area contributed by atoms with Crippen LogP contribution in [0.3, 0.4) is 0 Å². The molecule has 2 aliphatic rings. The van der Waals surface area contributed by atoms with E-state index in [0.717, 1.165) is 25.7 Å². The molecular formula is C20H29N3O4S. The molecule has 28 heavy (non-hydrogen) atoms. The van der Waals surface area contributed by atoms with Gasteiger partial charge in [-0.3, -0.25) is 9.59 Å². The van der Waals surface area contributed by atoms with Crippen LogP contribution >= 0.6 is 0 Å². The molecule has 0 radical (unpaired) electrons. The molecule has 0 aromatic heterocycles. The molecule has 0 bridgehead atoms. The average molecular weight is 408 g/mol. The van der Waals surface area contributed by atoms with Gasteiger partial charge in [-0.25, -0.2) is 8.42 Å². The Kier molecular flexibility index (Phi) is 7.07. The molecule has 1 aromatic rings. The molecule has 1 heterocycles. The molecule has 154 valence electrons. The quantitative estimate of drug-likeness (QED) is 0.672. The Labute approximate surface area is 166 Å². The van der Waals surface area contributed by atoms with E-state index in [0.29, 0.717) is 32.5 Å². The zero-order chi connectivity index (χ0) is 20.0. The molecule has 1 aliphatic carbocycles. The second kappa shape index (κ2) is 9.52. The van der Waals surface area contributed by atoms with Crippen LogP contribution in [-0.2, 0) is 19.6 Å². The van der Waals surface area contributed by atoms with E-state index in [1.807, 2.05) is 0 Å². The second-order valence-electron chi connectivity index (χ2n) is 7.50. The van der Waals surface area contributed by atoms with Crippen LogP contribution < -0.4 is 10.6 Å². The lowest BCUT2D eigenvalue weighted by Gasteiger charge is -2.24. The van der Waals surface area contributed by atoms with Crippen molar-refractivity contribution in [3.63, 3.8) is 0 Å². The van der Waals surface area contributed by atoms with Gasteiger partial charge in [0.25, 0.3) is 0 Å². The van der Waals surface area contributed by atoms with Crippen molar-refractivity contribution >= 4 is 21.8 Å². The van der Waals surface area contributed by atoms with Gasteiger partial charge in [-0.2, -0.15) is 4.31 Å². The Morgan fingerprint density at radius 1 is 0.893 bits per heavy atom. The first-order valence-electron chi connectivity index (χ1n) is 10.1. The number of amides is 2. The van der Waals surface area contributed by atoms with Gasteiger partial charge in [0.1, 0.15) is 6.04 Å². The first kappa shape index (κ1) is 20.8. The predicted molar refractivity (Wildman–Crippen MR) is 106 cm³/mol. The lowest BCUT2D eigenvalue weighted by Crippen LogP contribution is -2.47. The van der Waals surface area contributed by atoms with Crippen molar-refractivity contribution in [1.82, 2.24) is 14.9 Å². The van der Waals surface area contributed by atoms with E-state index < -0.39 is 16.1 Å². The third-order valence-electron chi connectivity index (χ3n) is 5.56. The molecule has 2 fully saturated rings. The lowest BCUT2D eigenvalue weighted by atomic mass is 9.89. The van der Waals surface area contributed by atoms with Crippen LogP contribution in [0, 0.1) is 5.92 Å². The van der Waals surface area contributed by atoms with Gasteiger partial charge in [-0.1, -0.05) is 37.5 Å². The lowest BCUT2D eigenvalue weighted by molar-refractivity contribution is -0.127. The summed E-state index contributed by atoms with van der Waals surface area (Å²) in [6.07, 6.45) is 6.43. The molecule has 1 unspecified atom stereocenters. The van der Waals surface area contributed by atoms with Crippen LogP contribution in [0.1, 0.15) is 44.9 Å². The Morgan fingerprint density at radius 3 is 2.21 bits per heavy atom. The summed E-state index contributed by atoms with van der Waals surface area (Å²) >= 11 is 0. The zero-order valence-electron chi connectivity index (χ0n) is 16.1. The van der Waals surface area contributed by atoms with Crippen molar-refractivity contribution in [2.75, 3.05) is 19.6 Å². The number of benzene rings is 1. The first-order valence-corrected chi connectivity index (χ1v) is 11.6. The van der Waals surface area contributed by atoms with E-state index in [9.17, 15) is 18.0 Å². The maximum atomic E-state index is 12.8. The van der Waals surface area contributed by atoms with Crippen LogP contribution in [0.2, 0.25) is 0 Å². The minimum absolute atomic E-state index is 0.0584. The van der Waals surface area contributed by atoms with E-state index in [1.165, 1.54) is 10.7 Å². The Hall–Kier alpha value is -1.93. The highest BCUT2D eigenvalue weighted by Crippen LogP contribution is 2.26. The van der Waals surface area contributed by atoms with E-state index in [1.54, 1.807) is 30.3 Å². The second-order valence-corrected chi connectivity index (χ2v) is 9.39. The van der Waals surface area contributed by atoms with Crippen molar-refractivity contribution in [1.29, 1.82) is 0 Å². The molecule has 2 amide bonds. The molecule has 7 nitrogen and oxygen atoms in total. The van der Waals surface area contributed by atoms with Crippen LogP contribution in [0.4, 0.5) is 0 Å². The molecule has 1 saturated heterocycles. The summed E-state index contributed by atoms with van der Waals surface area (Å²) < 4.78 is 27.0. The van der Waals surface area contributed by atoms with Gasteiger partial charge in [0.15, 0.2) is 0 Å². The normalized spacial score (nSPS) is 21.4. The predicted octanol–water partition coefficient (Wildman–Crippen LogP) is 1.65. The maximum absolute atomic E-state index is 12.8. The number of carbonyl (C=O) groups is 2. The van der Waals surface area contributed by atoms with E-state index >= 15 is 0 Å². The maximum Gasteiger partial charge on any atom is 0.243 e. The van der Waals surface area contributed by atoms with Gasteiger partial charge < -0.3 is 10.6 Å². The van der Waals surface area contributed by atoms with E-state index in [4.69, 9.17) is 0 Å². The molecule has 3 rings (SSSR count). The van der Waals surface area contributed by atoms with Crippen molar-refractivity contribution in [2.24, 2.45) is 5.92 Å². The summed E-state index contributed by atoms with van der Waals surface area (Å²) in [6, 6.07) is 7.50. The SMILES string of the molecule is O=C(NCCNC(=O)C1CCCN1S(=O)(=O)c1ccccc1)C1CCCCC1. The van der Waals surface area contributed by atoms with Gasteiger partial charge in [0, 0.05) is 25.6 Å². The zero-order valence-corrected chi connectivity index (χ0v) is 16.9. The molecule has 0 spiro atoms. The summed E-state index contributed by atoms with van der Waals surface area (Å²) in [5.74, 6) is -0.155. The fraction of sp³-hybridized carbons (Fsp3) is 0.600. The number of nitrogens with one attached hydrogen (secondary N) is 2.